The molecule has 6 heteroatoms. The van der Waals surface area contributed by atoms with E-state index in [1.165, 1.54) is 5.56 Å². The number of carbonyl (C=O) groups excluding carboxylic acids is 1. The molecule has 0 aromatic heterocycles. The van der Waals surface area contributed by atoms with Crippen LogP contribution in [0.2, 0.25) is 0 Å². The summed E-state index contributed by atoms with van der Waals surface area (Å²) >= 11 is 0. The van der Waals surface area contributed by atoms with Crippen molar-refractivity contribution >= 4 is 18.3 Å². The zero-order valence-electron chi connectivity index (χ0n) is 14.4. The van der Waals surface area contributed by atoms with Crippen molar-refractivity contribution in [1.29, 1.82) is 0 Å². The van der Waals surface area contributed by atoms with Gasteiger partial charge < -0.3 is 20.1 Å². The maximum absolute atomic E-state index is 12.1. The van der Waals surface area contributed by atoms with Crippen molar-refractivity contribution in [1.82, 2.24) is 4.90 Å². The second kappa shape index (κ2) is 11.3. The Morgan fingerprint density at radius 3 is 2.67 bits per heavy atom. The van der Waals surface area contributed by atoms with Crippen molar-refractivity contribution in [2.75, 3.05) is 40.0 Å². The molecule has 1 unspecified atom stereocenters. The lowest BCUT2D eigenvalue weighted by atomic mass is 10.1. The number of methoxy groups -OCH3 is 1. The predicted octanol–water partition coefficient (Wildman–Crippen LogP) is 2.26. The van der Waals surface area contributed by atoms with E-state index >= 15 is 0 Å². The molecule has 1 amide bonds. The van der Waals surface area contributed by atoms with Gasteiger partial charge in [-0.15, -0.1) is 12.4 Å². The molecule has 0 radical (unpaired) electrons. The Balaban J connectivity index is 0.00000288. The SMILES string of the molecule is COCCc1ccc(OCCCC(=O)N2CCC(CN)C2)cc1.Cl. The summed E-state index contributed by atoms with van der Waals surface area (Å²) in [5.41, 5.74) is 6.89. The first kappa shape index (κ1) is 20.7. The highest BCUT2D eigenvalue weighted by atomic mass is 35.5. The van der Waals surface area contributed by atoms with E-state index in [0.717, 1.165) is 44.7 Å². The van der Waals surface area contributed by atoms with Gasteiger partial charge in [-0.1, -0.05) is 12.1 Å². The zero-order valence-corrected chi connectivity index (χ0v) is 15.2. The first-order valence-corrected chi connectivity index (χ1v) is 8.41. The second-order valence-electron chi connectivity index (χ2n) is 6.07. The Morgan fingerprint density at radius 1 is 1.29 bits per heavy atom. The number of halogens is 1. The van der Waals surface area contributed by atoms with Gasteiger partial charge >= 0.3 is 0 Å². The van der Waals surface area contributed by atoms with Crippen LogP contribution in [0.15, 0.2) is 24.3 Å². The second-order valence-corrected chi connectivity index (χ2v) is 6.07. The number of likely N-dealkylation sites (tertiary alicyclic amines) is 1. The van der Waals surface area contributed by atoms with Crippen LogP contribution in [0.1, 0.15) is 24.8 Å². The lowest BCUT2D eigenvalue weighted by Crippen LogP contribution is -2.29. The van der Waals surface area contributed by atoms with Gasteiger partial charge in [0.1, 0.15) is 5.75 Å². The summed E-state index contributed by atoms with van der Waals surface area (Å²) in [5, 5.41) is 0. The molecular formula is C18H29ClN2O3. The van der Waals surface area contributed by atoms with Gasteiger partial charge in [0, 0.05) is 26.6 Å². The van der Waals surface area contributed by atoms with Gasteiger partial charge in [-0.2, -0.15) is 0 Å². The lowest BCUT2D eigenvalue weighted by molar-refractivity contribution is -0.130. The number of nitrogens with two attached hydrogens (primary N) is 1. The molecular weight excluding hydrogens is 328 g/mol. The van der Waals surface area contributed by atoms with Gasteiger partial charge in [-0.05, 0) is 49.4 Å². The van der Waals surface area contributed by atoms with Gasteiger partial charge in [0.2, 0.25) is 5.91 Å². The van der Waals surface area contributed by atoms with Crippen molar-refractivity contribution < 1.29 is 14.3 Å². The van der Waals surface area contributed by atoms with E-state index in [1.807, 2.05) is 17.0 Å². The monoisotopic (exact) mass is 356 g/mol. The van der Waals surface area contributed by atoms with Crippen LogP contribution >= 0.6 is 12.4 Å². The Hall–Kier alpha value is -1.30. The number of rotatable bonds is 9. The molecule has 0 bridgehead atoms. The maximum atomic E-state index is 12.1. The molecule has 0 spiro atoms. The number of ether oxygens (including phenoxy) is 2. The molecule has 2 N–H and O–H groups in total. The third-order valence-electron chi connectivity index (χ3n) is 4.29. The van der Waals surface area contributed by atoms with Crippen LogP contribution in [0.25, 0.3) is 0 Å². The molecule has 136 valence electrons. The minimum absolute atomic E-state index is 0. The fourth-order valence-electron chi connectivity index (χ4n) is 2.80. The summed E-state index contributed by atoms with van der Waals surface area (Å²) in [6.07, 6.45) is 3.23. The summed E-state index contributed by atoms with van der Waals surface area (Å²) in [4.78, 5) is 14.0. The van der Waals surface area contributed by atoms with Gasteiger partial charge in [0.15, 0.2) is 0 Å². The highest BCUT2D eigenvalue weighted by Crippen LogP contribution is 2.17. The van der Waals surface area contributed by atoms with Crippen molar-refractivity contribution in [3.63, 3.8) is 0 Å². The third kappa shape index (κ3) is 6.67. The van der Waals surface area contributed by atoms with E-state index in [0.29, 0.717) is 25.5 Å². The van der Waals surface area contributed by atoms with Gasteiger partial charge in [0.05, 0.1) is 13.2 Å². The topological polar surface area (TPSA) is 64.8 Å². The Bertz CT molecular complexity index is 482. The number of amides is 1. The first-order chi connectivity index (χ1) is 11.2. The maximum Gasteiger partial charge on any atom is 0.222 e. The molecule has 1 atom stereocenters. The molecule has 1 aliphatic rings. The van der Waals surface area contributed by atoms with Crippen LogP contribution in [0.3, 0.4) is 0 Å². The van der Waals surface area contributed by atoms with Crippen molar-refractivity contribution in [2.45, 2.75) is 25.7 Å². The quantitative estimate of drug-likeness (QED) is 0.689. The van der Waals surface area contributed by atoms with Crippen LogP contribution in [-0.2, 0) is 16.0 Å². The van der Waals surface area contributed by atoms with E-state index in [2.05, 4.69) is 12.1 Å². The van der Waals surface area contributed by atoms with Crippen LogP contribution in [0.4, 0.5) is 0 Å². The molecule has 24 heavy (non-hydrogen) atoms. The Morgan fingerprint density at radius 2 is 2.04 bits per heavy atom. The van der Waals surface area contributed by atoms with E-state index < -0.39 is 0 Å². The molecule has 1 aromatic rings. The largest absolute Gasteiger partial charge is 0.494 e. The number of hydrogen-bond donors (Lipinski definition) is 1. The smallest absolute Gasteiger partial charge is 0.222 e. The molecule has 1 aliphatic heterocycles. The minimum Gasteiger partial charge on any atom is -0.494 e. The van der Waals surface area contributed by atoms with Crippen molar-refractivity contribution in [2.24, 2.45) is 11.7 Å². The fourth-order valence-corrected chi connectivity index (χ4v) is 2.80. The van der Waals surface area contributed by atoms with Crippen LogP contribution < -0.4 is 10.5 Å². The Labute approximate surface area is 150 Å². The number of hydrogen-bond acceptors (Lipinski definition) is 4. The summed E-state index contributed by atoms with van der Waals surface area (Å²) in [6, 6.07) is 8.05. The van der Waals surface area contributed by atoms with Crippen LogP contribution in [0.5, 0.6) is 5.75 Å². The summed E-state index contributed by atoms with van der Waals surface area (Å²) < 4.78 is 10.8. The summed E-state index contributed by atoms with van der Waals surface area (Å²) in [6.45, 7) is 3.64. The van der Waals surface area contributed by atoms with E-state index in [-0.39, 0.29) is 18.3 Å². The molecule has 0 aliphatic carbocycles. The standard InChI is InChI=1S/C18H28N2O3.ClH/c1-22-12-9-15-4-6-17(7-5-15)23-11-2-3-18(21)20-10-8-16(13-19)14-20;/h4-7,16H,2-3,8-14,19H2,1H3;1H. The van der Waals surface area contributed by atoms with Gasteiger partial charge in [0.25, 0.3) is 0 Å². The molecule has 1 aromatic carbocycles. The van der Waals surface area contributed by atoms with Gasteiger partial charge in [-0.25, -0.2) is 0 Å². The van der Waals surface area contributed by atoms with Crippen LogP contribution in [0, 0.1) is 5.92 Å². The molecule has 1 heterocycles. The number of benzene rings is 1. The summed E-state index contributed by atoms with van der Waals surface area (Å²) in [5.74, 6) is 1.55. The van der Waals surface area contributed by atoms with E-state index in [1.54, 1.807) is 7.11 Å². The predicted molar refractivity (Wildman–Crippen MR) is 97.7 cm³/mol. The van der Waals surface area contributed by atoms with Crippen molar-refractivity contribution in [3.8, 4) is 5.75 Å². The average Bonchev–Trinajstić information content (AvgIpc) is 3.07. The van der Waals surface area contributed by atoms with Gasteiger partial charge in [-0.3, -0.25) is 4.79 Å². The van der Waals surface area contributed by atoms with E-state index in [4.69, 9.17) is 15.2 Å². The molecule has 0 saturated carbocycles. The fraction of sp³-hybridized carbons (Fsp3) is 0.611. The first-order valence-electron chi connectivity index (χ1n) is 8.41. The third-order valence-corrected chi connectivity index (χ3v) is 4.29. The summed E-state index contributed by atoms with van der Waals surface area (Å²) in [7, 11) is 1.71. The minimum atomic E-state index is 0. The number of nitrogens with zero attached hydrogens (tertiary/aromatic N) is 1. The number of carbonyl (C=O) groups is 1. The van der Waals surface area contributed by atoms with Crippen LogP contribution in [-0.4, -0.2) is 50.8 Å². The molecule has 1 saturated heterocycles. The molecule has 2 rings (SSSR count). The normalized spacial score (nSPS) is 16.8. The zero-order chi connectivity index (χ0) is 16.5. The van der Waals surface area contributed by atoms with Crippen molar-refractivity contribution in [3.05, 3.63) is 29.8 Å². The molecule has 1 fully saturated rings. The lowest BCUT2D eigenvalue weighted by Gasteiger charge is -2.16. The Kier molecular flexibility index (Phi) is 9.76. The highest BCUT2D eigenvalue weighted by Gasteiger charge is 2.24. The highest BCUT2D eigenvalue weighted by molar-refractivity contribution is 5.85. The van der Waals surface area contributed by atoms with E-state index in [9.17, 15) is 4.79 Å². The molecule has 5 nitrogen and oxygen atoms in total. The average molecular weight is 357 g/mol.